The Morgan fingerprint density at radius 2 is 2.17 bits per heavy atom. The fourth-order valence-corrected chi connectivity index (χ4v) is 0.927. The summed E-state index contributed by atoms with van der Waals surface area (Å²) in [5.74, 6) is 0.0628. The van der Waals surface area contributed by atoms with E-state index in [0.717, 1.165) is 5.56 Å². The van der Waals surface area contributed by atoms with E-state index in [0.29, 0.717) is 11.3 Å². The fraction of sp³-hybridized carbons (Fsp3) is 0.250. The van der Waals surface area contributed by atoms with Crippen LogP contribution in [0.2, 0.25) is 0 Å². The van der Waals surface area contributed by atoms with E-state index < -0.39 is 0 Å². The van der Waals surface area contributed by atoms with Gasteiger partial charge >= 0.3 is 0 Å². The number of aromatic hydroxyl groups is 1. The summed E-state index contributed by atoms with van der Waals surface area (Å²) in [4.78, 5) is 3.93. The molecule has 4 heteroatoms. The number of hydrogen-bond acceptors (Lipinski definition) is 4. The molecule has 64 valence electrons. The van der Waals surface area contributed by atoms with Gasteiger partial charge in [0, 0.05) is 11.8 Å². The zero-order valence-electron chi connectivity index (χ0n) is 6.94. The SMILES string of the molecule is Cc1cnc(C)c(O)c1C=NO. The van der Waals surface area contributed by atoms with Crippen LogP contribution in [-0.4, -0.2) is 21.5 Å². The van der Waals surface area contributed by atoms with Crippen molar-refractivity contribution in [2.75, 3.05) is 0 Å². The van der Waals surface area contributed by atoms with Gasteiger partial charge in [-0.15, -0.1) is 0 Å². The van der Waals surface area contributed by atoms with E-state index in [1.54, 1.807) is 20.0 Å². The first-order valence-electron chi connectivity index (χ1n) is 3.49. The molecular weight excluding hydrogens is 156 g/mol. The van der Waals surface area contributed by atoms with Crippen LogP contribution in [0.3, 0.4) is 0 Å². The van der Waals surface area contributed by atoms with E-state index in [-0.39, 0.29) is 5.75 Å². The van der Waals surface area contributed by atoms with Crippen molar-refractivity contribution < 1.29 is 10.3 Å². The lowest BCUT2D eigenvalue weighted by atomic mass is 10.1. The zero-order chi connectivity index (χ0) is 9.14. The quantitative estimate of drug-likeness (QED) is 0.374. The first kappa shape index (κ1) is 8.52. The standard InChI is InChI=1S/C8H10N2O2/c1-5-3-9-6(2)8(11)7(5)4-10-12/h3-4,11-12H,1-2H3. The van der Waals surface area contributed by atoms with Gasteiger partial charge in [0.15, 0.2) is 0 Å². The van der Waals surface area contributed by atoms with Crippen molar-refractivity contribution in [3.05, 3.63) is 23.0 Å². The number of nitrogens with zero attached hydrogens (tertiary/aromatic N) is 2. The predicted octanol–water partition coefficient (Wildman–Crippen LogP) is 1.21. The number of aromatic nitrogens is 1. The molecule has 0 aromatic carbocycles. The van der Waals surface area contributed by atoms with Crippen molar-refractivity contribution in [2.45, 2.75) is 13.8 Å². The fourth-order valence-electron chi connectivity index (χ4n) is 0.927. The molecule has 12 heavy (non-hydrogen) atoms. The minimum Gasteiger partial charge on any atom is -0.505 e. The average molecular weight is 166 g/mol. The Morgan fingerprint density at radius 3 is 2.75 bits per heavy atom. The monoisotopic (exact) mass is 166 g/mol. The summed E-state index contributed by atoms with van der Waals surface area (Å²) in [5, 5.41) is 20.6. The highest BCUT2D eigenvalue weighted by Crippen LogP contribution is 2.20. The molecule has 0 aliphatic heterocycles. The third-order valence-corrected chi connectivity index (χ3v) is 1.66. The van der Waals surface area contributed by atoms with Crippen molar-refractivity contribution in [1.82, 2.24) is 4.98 Å². The molecule has 0 amide bonds. The van der Waals surface area contributed by atoms with Gasteiger partial charge in [-0.25, -0.2) is 0 Å². The van der Waals surface area contributed by atoms with Crippen LogP contribution in [0.4, 0.5) is 0 Å². The number of pyridine rings is 1. The maximum absolute atomic E-state index is 9.44. The van der Waals surface area contributed by atoms with Crippen LogP contribution in [0.5, 0.6) is 5.75 Å². The molecule has 0 spiro atoms. The Bertz CT molecular complexity index is 321. The minimum atomic E-state index is 0.0628. The van der Waals surface area contributed by atoms with Crippen LogP contribution in [-0.2, 0) is 0 Å². The van der Waals surface area contributed by atoms with Crippen molar-refractivity contribution in [2.24, 2.45) is 5.16 Å². The largest absolute Gasteiger partial charge is 0.505 e. The molecule has 0 saturated heterocycles. The Morgan fingerprint density at radius 1 is 1.50 bits per heavy atom. The summed E-state index contributed by atoms with van der Waals surface area (Å²) in [6.07, 6.45) is 2.81. The first-order valence-corrected chi connectivity index (χ1v) is 3.49. The second-order valence-electron chi connectivity index (χ2n) is 2.53. The third kappa shape index (κ3) is 1.37. The molecular formula is C8H10N2O2. The molecule has 1 rings (SSSR count). The van der Waals surface area contributed by atoms with Gasteiger partial charge in [0.1, 0.15) is 5.75 Å². The zero-order valence-corrected chi connectivity index (χ0v) is 6.94. The summed E-state index contributed by atoms with van der Waals surface area (Å²) in [6.45, 7) is 3.46. The van der Waals surface area contributed by atoms with Gasteiger partial charge < -0.3 is 10.3 Å². The van der Waals surface area contributed by atoms with Gasteiger partial charge in [-0.3, -0.25) is 4.98 Å². The lowest BCUT2D eigenvalue weighted by Gasteiger charge is -2.03. The normalized spacial score (nSPS) is 10.8. The molecule has 0 atom stereocenters. The van der Waals surface area contributed by atoms with Crippen LogP contribution < -0.4 is 0 Å². The summed E-state index contributed by atoms with van der Waals surface area (Å²) >= 11 is 0. The molecule has 1 aromatic heterocycles. The Hall–Kier alpha value is -1.58. The maximum Gasteiger partial charge on any atom is 0.145 e. The molecule has 0 aliphatic carbocycles. The van der Waals surface area contributed by atoms with Crippen LogP contribution in [0.1, 0.15) is 16.8 Å². The van der Waals surface area contributed by atoms with Gasteiger partial charge in [0.2, 0.25) is 0 Å². The number of aryl methyl sites for hydroxylation is 2. The first-order chi connectivity index (χ1) is 5.66. The Kier molecular flexibility index (Phi) is 2.28. The molecule has 0 saturated carbocycles. The molecule has 0 aliphatic rings. The van der Waals surface area contributed by atoms with E-state index in [9.17, 15) is 5.11 Å². The molecule has 1 aromatic rings. The van der Waals surface area contributed by atoms with Crippen LogP contribution in [0, 0.1) is 13.8 Å². The molecule has 4 nitrogen and oxygen atoms in total. The van der Waals surface area contributed by atoms with E-state index in [1.807, 2.05) is 0 Å². The van der Waals surface area contributed by atoms with Gasteiger partial charge in [0.05, 0.1) is 11.9 Å². The minimum absolute atomic E-state index is 0.0628. The lowest BCUT2D eigenvalue weighted by molar-refractivity contribution is 0.321. The van der Waals surface area contributed by atoms with Crippen LogP contribution >= 0.6 is 0 Å². The average Bonchev–Trinajstić information content (AvgIpc) is 2.06. The molecule has 0 fully saturated rings. The van der Waals surface area contributed by atoms with E-state index in [1.165, 1.54) is 6.21 Å². The third-order valence-electron chi connectivity index (χ3n) is 1.66. The highest BCUT2D eigenvalue weighted by Gasteiger charge is 2.05. The van der Waals surface area contributed by atoms with E-state index in [2.05, 4.69) is 10.1 Å². The molecule has 0 radical (unpaired) electrons. The molecule has 0 bridgehead atoms. The smallest absolute Gasteiger partial charge is 0.145 e. The number of oxime groups is 1. The van der Waals surface area contributed by atoms with Crippen molar-refractivity contribution >= 4 is 6.21 Å². The number of rotatable bonds is 1. The van der Waals surface area contributed by atoms with Crippen molar-refractivity contribution in [3.8, 4) is 5.75 Å². The van der Waals surface area contributed by atoms with Gasteiger partial charge in [-0.05, 0) is 19.4 Å². The highest BCUT2D eigenvalue weighted by molar-refractivity contribution is 5.85. The molecule has 1 heterocycles. The lowest BCUT2D eigenvalue weighted by Crippen LogP contribution is -1.93. The molecule has 0 unspecified atom stereocenters. The van der Waals surface area contributed by atoms with Crippen LogP contribution in [0.15, 0.2) is 11.4 Å². The van der Waals surface area contributed by atoms with Crippen LogP contribution in [0.25, 0.3) is 0 Å². The van der Waals surface area contributed by atoms with Crippen molar-refractivity contribution in [3.63, 3.8) is 0 Å². The second kappa shape index (κ2) is 3.21. The molecule has 2 N–H and O–H groups in total. The van der Waals surface area contributed by atoms with Gasteiger partial charge in [-0.2, -0.15) is 0 Å². The predicted molar refractivity (Wildman–Crippen MR) is 44.8 cm³/mol. The van der Waals surface area contributed by atoms with E-state index in [4.69, 9.17) is 5.21 Å². The highest BCUT2D eigenvalue weighted by atomic mass is 16.4. The summed E-state index contributed by atoms with van der Waals surface area (Å²) in [7, 11) is 0. The maximum atomic E-state index is 9.44. The number of hydrogen-bond donors (Lipinski definition) is 2. The summed E-state index contributed by atoms with van der Waals surface area (Å²) in [5.41, 5.74) is 1.80. The van der Waals surface area contributed by atoms with E-state index >= 15 is 0 Å². The Balaban J connectivity index is 3.32. The second-order valence-corrected chi connectivity index (χ2v) is 2.53. The van der Waals surface area contributed by atoms with Gasteiger partial charge in [0.25, 0.3) is 0 Å². The topological polar surface area (TPSA) is 65.7 Å². The van der Waals surface area contributed by atoms with Crippen molar-refractivity contribution in [1.29, 1.82) is 0 Å². The van der Waals surface area contributed by atoms with Gasteiger partial charge in [-0.1, -0.05) is 5.16 Å². The summed E-state index contributed by atoms with van der Waals surface area (Å²) < 4.78 is 0. The summed E-state index contributed by atoms with van der Waals surface area (Å²) in [6, 6.07) is 0. The Labute approximate surface area is 70.2 Å².